The van der Waals surface area contributed by atoms with E-state index in [1.165, 1.54) is 23.1 Å². The second-order valence-electron chi connectivity index (χ2n) is 5.79. The van der Waals surface area contributed by atoms with Gasteiger partial charge in [-0.1, -0.05) is 0 Å². The summed E-state index contributed by atoms with van der Waals surface area (Å²) in [5, 5.41) is 3.04. The molecule has 0 spiro atoms. The van der Waals surface area contributed by atoms with Crippen LogP contribution in [0.5, 0.6) is 5.75 Å². The third-order valence-electron chi connectivity index (χ3n) is 4.32. The smallest absolute Gasteiger partial charge is 0.265 e. The Morgan fingerprint density at radius 1 is 1.36 bits per heavy atom. The number of nitrogens with one attached hydrogen (secondary N) is 1. The number of anilines is 1. The molecule has 6 nitrogen and oxygen atoms in total. The van der Waals surface area contributed by atoms with Gasteiger partial charge in [0.2, 0.25) is 5.95 Å². The SMILES string of the molecule is Cn1c(NCc2c(F)ccc3c2CCO3)ncc(-c2ccco2)c1=O. The van der Waals surface area contributed by atoms with E-state index in [2.05, 4.69) is 10.3 Å². The lowest BCUT2D eigenvalue weighted by atomic mass is 10.0. The molecule has 25 heavy (non-hydrogen) atoms. The summed E-state index contributed by atoms with van der Waals surface area (Å²) < 4.78 is 26.3. The first-order chi connectivity index (χ1) is 12.1. The van der Waals surface area contributed by atoms with Gasteiger partial charge >= 0.3 is 0 Å². The number of hydrogen-bond acceptors (Lipinski definition) is 5. The van der Waals surface area contributed by atoms with E-state index >= 15 is 0 Å². The predicted octanol–water partition coefficient (Wildman–Crippen LogP) is 2.73. The van der Waals surface area contributed by atoms with Crippen molar-refractivity contribution in [2.24, 2.45) is 7.05 Å². The van der Waals surface area contributed by atoms with Crippen molar-refractivity contribution in [1.29, 1.82) is 0 Å². The molecule has 0 unspecified atom stereocenters. The van der Waals surface area contributed by atoms with Gasteiger partial charge in [-0.3, -0.25) is 9.36 Å². The molecular formula is C18H16FN3O3. The summed E-state index contributed by atoms with van der Waals surface area (Å²) in [6.45, 7) is 0.777. The number of furan rings is 1. The Balaban J connectivity index is 1.62. The summed E-state index contributed by atoms with van der Waals surface area (Å²) in [5.74, 6) is 1.24. The van der Waals surface area contributed by atoms with Crippen LogP contribution in [-0.2, 0) is 20.0 Å². The van der Waals surface area contributed by atoms with Gasteiger partial charge in [0.1, 0.15) is 22.9 Å². The monoisotopic (exact) mass is 341 g/mol. The molecule has 0 bridgehead atoms. The van der Waals surface area contributed by atoms with Crippen molar-refractivity contribution in [1.82, 2.24) is 9.55 Å². The first-order valence-corrected chi connectivity index (χ1v) is 7.92. The van der Waals surface area contributed by atoms with E-state index in [0.717, 1.165) is 5.56 Å². The van der Waals surface area contributed by atoms with E-state index in [9.17, 15) is 9.18 Å². The topological polar surface area (TPSA) is 69.3 Å². The summed E-state index contributed by atoms with van der Waals surface area (Å²) in [4.78, 5) is 16.8. The molecule has 0 aliphatic carbocycles. The third-order valence-corrected chi connectivity index (χ3v) is 4.32. The van der Waals surface area contributed by atoms with E-state index in [1.54, 1.807) is 25.2 Å². The van der Waals surface area contributed by atoms with Crippen molar-refractivity contribution in [3.05, 3.63) is 64.0 Å². The molecule has 0 radical (unpaired) electrons. The van der Waals surface area contributed by atoms with Crippen molar-refractivity contribution >= 4 is 5.95 Å². The lowest BCUT2D eigenvalue weighted by molar-refractivity contribution is 0.356. The average molecular weight is 341 g/mol. The van der Waals surface area contributed by atoms with Crippen LogP contribution in [0.1, 0.15) is 11.1 Å². The Hall–Kier alpha value is -3.09. The highest BCUT2D eigenvalue weighted by Gasteiger charge is 2.20. The molecular weight excluding hydrogens is 325 g/mol. The molecule has 1 aliphatic heterocycles. The maximum atomic E-state index is 14.2. The molecule has 1 N–H and O–H groups in total. The van der Waals surface area contributed by atoms with Crippen molar-refractivity contribution < 1.29 is 13.5 Å². The largest absolute Gasteiger partial charge is 0.493 e. The van der Waals surface area contributed by atoms with Crippen LogP contribution in [0.3, 0.4) is 0 Å². The third kappa shape index (κ3) is 2.67. The van der Waals surface area contributed by atoms with Crippen molar-refractivity contribution in [3.8, 4) is 17.1 Å². The van der Waals surface area contributed by atoms with Crippen molar-refractivity contribution in [2.75, 3.05) is 11.9 Å². The zero-order valence-electron chi connectivity index (χ0n) is 13.6. The number of aromatic nitrogens is 2. The van der Waals surface area contributed by atoms with E-state index < -0.39 is 0 Å². The lowest BCUT2D eigenvalue weighted by Crippen LogP contribution is -2.23. The molecule has 4 rings (SSSR count). The van der Waals surface area contributed by atoms with Crippen LogP contribution in [0.15, 0.2) is 45.9 Å². The van der Waals surface area contributed by atoms with Crippen LogP contribution in [0.2, 0.25) is 0 Å². The van der Waals surface area contributed by atoms with Gasteiger partial charge in [-0.2, -0.15) is 0 Å². The van der Waals surface area contributed by atoms with Gasteiger partial charge in [0.25, 0.3) is 5.56 Å². The second-order valence-corrected chi connectivity index (χ2v) is 5.79. The van der Waals surface area contributed by atoms with Crippen LogP contribution in [0.25, 0.3) is 11.3 Å². The average Bonchev–Trinajstić information content (AvgIpc) is 3.29. The zero-order valence-corrected chi connectivity index (χ0v) is 13.6. The second kappa shape index (κ2) is 6.08. The maximum absolute atomic E-state index is 14.2. The molecule has 2 aromatic heterocycles. The molecule has 128 valence electrons. The summed E-state index contributed by atoms with van der Waals surface area (Å²) in [5.41, 5.74) is 1.54. The molecule has 7 heteroatoms. The van der Waals surface area contributed by atoms with E-state index in [-0.39, 0.29) is 17.9 Å². The normalized spacial score (nSPS) is 12.7. The Morgan fingerprint density at radius 3 is 3.04 bits per heavy atom. The lowest BCUT2D eigenvalue weighted by Gasteiger charge is -2.13. The van der Waals surface area contributed by atoms with Crippen LogP contribution in [0.4, 0.5) is 10.3 Å². The van der Waals surface area contributed by atoms with Gasteiger partial charge < -0.3 is 14.5 Å². The highest BCUT2D eigenvalue weighted by Crippen LogP contribution is 2.30. The summed E-state index contributed by atoms with van der Waals surface area (Å²) in [6, 6.07) is 6.46. The van der Waals surface area contributed by atoms with Gasteiger partial charge in [-0.05, 0) is 24.3 Å². The van der Waals surface area contributed by atoms with Gasteiger partial charge in [-0.25, -0.2) is 9.37 Å². The van der Waals surface area contributed by atoms with Crippen LogP contribution in [0, 0.1) is 5.82 Å². The van der Waals surface area contributed by atoms with Crippen molar-refractivity contribution in [2.45, 2.75) is 13.0 Å². The fourth-order valence-corrected chi connectivity index (χ4v) is 2.98. The number of nitrogens with zero attached hydrogens (tertiary/aromatic N) is 2. The molecule has 0 saturated carbocycles. The number of benzene rings is 1. The minimum absolute atomic E-state index is 0.221. The molecule has 0 fully saturated rings. The molecule has 3 aromatic rings. The molecule has 3 heterocycles. The van der Waals surface area contributed by atoms with E-state index in [4.69, 9.17) is 9.15 Å². The Kier molecular flexibility index (Phi) is 3.76. The molecule has 1 aromatic carbocycles. The van der Waals surface area contributed by atoms with Gasteiger partial charge in [0.15, 0.2) is 0 Å². The predicted molar refractivity (Wildman–Crippen MR) is 90.1 cm³/mol. The molecule has 0 saturated heterocycles. The fourth-order valence-electron chi connectivity index (χ4n) is 2.98. The Bertz CT molecular complexity index is 980. The van der Waals surface area contributed by atoms with Gasteiger partial charge in [0, 0.05) is 37.3 Å². The number of rotatable bonds is 4. The molecule has 0 atom stereocenters. The highest BCUT2D eigenvalue weighted by molar-refractivity contribution is 5.55. The first-order valence-electron chi connectivity index (χ1n) is 7.92. The number of hydrogen-bond donors (Lipinski definition) is 1. The number of fused-ring (bicyclic) bond motifs is 1. The number of ether oxygens (including phenoxy) is 1. The van der Waals surface area contributed by atoms with Crippen LogP contribution >= 0.6 is 0 Å². The van der Waals surface area contributed by atoms with Gasteiger partial charge in [0.05, 0.1) is 12.9 Å². The number of halogens is 1. The highest BCUT2D eigenvalue weighted by atomic mass is 19.1. The Labute approximate surface area is 142 Å². The standard InChI is InChI=1S/C18H16FN3O3/c1-22-17(23)13(15-3-2-7-24-15)10-21-18(22)20-9-12-11-6-8-25-16(11)5-4-14(12)19/h2-5,7,10H,6,8-9H2,1H3,(H,20,21). The maximum Gasteiger partial charge on any atom is 0.265 e. The quantitative estimate of drug-likeness (QED) is 0.790. The van der Waals surface area contributed by atoms with Crippen molar-refractivity contribution in [3.63, 3.8) is 0 Å². The summed E-state index contributed by atoms with van der Waals surface area (Å²) >= 11 is 0. The molecule has 0 amide bonds. The fraction of sp³-hybridized carbons (Fsp3) is 0.222. The van der Waals surface area contributed by atoms with Crippen LogP contribution in [-0.4, -0.2) is 16.2 Å². The minimum Gasteiger partial charge on any atom is -0.493 e. The summed E-state index contributed by atoms with van der Waals surface area (Å²) in [6.07, 6.45) is 3.63. The zero-order chi connectivity index (χ0) is 17.4. The van der Waals surface area contributed by atoms with Crippen LogP contribution < -0.4 is 15.6 Å². The minimum atomic E-state index is -0.297. The van der Waals surface area contributed by atoms with E-state index in [1.807, 2.05) is 0 Å². The van der Waals surface area contributed by atoms with E-state index in [0.29, 0.717) is 41.6 Å². The summed E-state index contributed by atoms with van der Waals surface area (Å²) in [7, 11) is 1.61. The molecule has 1 aliphatic rings. The Morgan fingerprint density at radius 2 is 2.24 bits per heavy atom. The first kappa shape index (κ1) is 15.4. The van der Waals surface area contributed by atoms with Gasteiger partial charge in [-0.15, -0.1) is 0 Å².